The Kier molecular flexibility index (Phi) is 5.34. The van der Waals surface area contributed by atoms with Crippen molar-refractivity contribution in [3.63, 3.8) is 0 Å². The van der Waals surface area contributed by atoms with Gasteiger partial charge in [0.1, 0.15) is 5.82 Å². The molecule has 0 saturated heterocycles. The van der Waals surface area contributed by atoms with Gasteiger partial charge in [0, 0.05) is 42.4 Å². The van der Waals surface area contributed by atoms with Gasteiger partial charge in [0.2, 0.25) is 0 Å². The summed E-state index contributed by atoms with van der Waals surface area (Å²) in [6, 6.07) is 23.4. The van der Waals surface area contributed by atoms with Crippen molar-refractivity contribution in [1.29, 1.82) is 0 Å². The van der Waals surface area contributed by atoms with Crippen LogP contribution in [-0.4, -0.2) is 15.0 Å². The van der Waals surface area contributed by atoms with Crippen LogP contribution in [0.1, 0.15) is 16.8 Å². The van der Waals surface area contributed by atoms with E-state index in [-0.39, 0.29) is 0 Å². The summed E-state index contributed by atoms with van der Waals surface area (Å²) < 4.78 is 0. The summed E-state index contributed by atoms with van der Waals surface area (Å²) in [7, 11) is 0. The van der Waals surface area contributed by atoms with Crippen LogP contribution in [0.5, 0.6) is 0 Å². The largest absolute Gasteiger partial charge is 0.365 e. The molecule has 1 N–H and O–H groups in total. The van der Waals surface area contributed by atoms with Crippen LogP contribution in [0.2, 0.25) is 0 Å². The zero-order chi connectivity index (χ0) is 21.9. The summed E-state index contributed by atoms with van der Waals surface area (Å²) in [4.78, 5) is 13.1. The van der Waals surface area contributed by atoms with Crippen molar-refractivity contribution < 1.29 is 0 Å². The molecule has 3 aromatic heterocycles. The lowest BCUT2D eigenvalue weighted by atomic mass is 9.99. The highest BCUT2D eigenvalue weighted by Crippen LogP contribution is 2.29. The number of pyridine rings is 3. The Morgan fingerprint density at radius 3 is 2.34 bits per heavy atom. The fourth-order valence-corrected chi connectivity index (χ4v) is 4.01. The summed E-state index contributed by atoms with van der Waals surface area (Å²) in [6.45, 7) is 4.82. The van der Waals surface area contributed by atoms with Crippen LogP contribution in [0.15, 0.2) is 91.5 Å². The number of rotatable bonds is 5. The minimum atomic E-state index is 0.715. The predicted octanol–water partition coefficient (Wildman–Crippen LogP) is 6.59. The van der Waals surface area contributed by atoms with Crippen molar-refractivity contribution in [2.75, 3.05) is 5.32 Å². The van der Waals surface area contributed by atoms with Gasteiger partial charge in [0.05, 0.1) is 0 Å². The number of nitrogens with one attached hydrogen (secondary N) is 1. The van der Waals surface area contributed by atoms with Crippen LogP contribution in [0.3, 0.4) is 0 Å². The Balaban J connectivity index is 1.36. The lowest BCUT2D eigenvalue weighted by molar-refractivity contribution is 1.12. The molecule has 0 fully saturated rings. The quantitative estimate of drug-likeness (QED) is 0.351. The molecule has 0 bridgehead atoms. The Bertz CT molecular complexity index is 1390. The lowest BCUT2D eigenvalue weighted by Gasteiger charge is -2.11. The number of aryl methyl sites for hydroxylation is 2. The van der Waals surface area contributed by atoms with Gasteiger partial charge in [-0.25, -0.2) is 4.98 Å². The highest BCUT2D eigenvalue weighted by atomic mass is 15.0. The number of aromatic nitrogens is 3. The number of fused-ring (bicyclic) bond motifs is 1. The fraction of sp³-hybridized carbons (Fsp3) is 0.107. The van der Waals surface area contributed by atoms with Crippen molar-refractivity contribution in [3.05, 3.63) is 108 Å². The molecule has 4 nitrogen and oxygen atoms in total. The Labute approximate surface area is 188 Å². The van der Waals surface area contributed by atoms with Crippen LogP contribution >= 0.6 is 0 Å². The molecule has 2 aromatic carbocycles. The zero-order valence-corrected chi connectivity index (χ0v) is 18.2. The molecule has 0 radical (unpaired) electrons. The van der Waals surface area contributed by atoms with Gasteiger partial charge in [0.25, 0.3) is 0 Å². The van der Waals surface area contributed by atoms with E-state index in [1.807, 2.05) is 37.8 Å². The maximum atomic E-state index is 4.59. The Morgan fingerprint density at radius 2 is 1.53 bits per heavy atom. The average molecular weight is 417 g/mol. The second-order valence-corrected chi connectivity index (χ2v) is 8.02. The van der Waals surface area contributed by atoms with Gasteiger partial charge in [-0.2, -0.15) is 0 Å². The molecule has 3 heterocycles. The summed E-state index contributed by atoms with van der Waals surface area (Å²) in [6.07, 6.45) is 7.46. The van der Waals surface area contributed by atoms with Gasteiger partial charge < -0.3 is 5.32 Å². The van der Waals surface area contributed by atoms with E-state index in [0.717, 1.165) is 16.9 Å². The monoisotopic (exact) mass is 416 g/mol. The second-order valence-electron chi connectivity index (χ2n) is 8.02. The van der Waals surface area contributed by atoms with Gasteiger partial charge in [-0.1, -0.05) is 36.4 Å². The first-order valence-electron chi connectivity index (χ1n) is 10.7. The molecule has 0 atom stereocenters. The molecule has 5 aromatic rings. The molecule has 156 valence electrons. The van der Waals surface area contributed by atoms with E-state index in [9.17, 15) is 0 Å². The van der Waals surface area contributed by atoms with Crippen molar-refractivity contribution in [2.24, 2.45) is 0 Å². The number of anilines is 1. The van der Waals surface area contributed by atoms with Gasteiger partial charge in [-0.3, -0.25) is 9.97 Å². The third-order valence-corrected chi connectivity index (χ3v) is 5.74. The molecule has 0 aliphatic rings. The molecule has 0 aliphatic carbocycles. The van der Waals surface area contributed by atoms with Crippen LogP contribution in [0, 0.1) is 13.8 Å². The molecule has 0 unspecified atom stereocenters. The summed E-state index contributed by atoms with van der Waals surface area (Å²) >= 11 is 0. The first-order chi connectivity index (χ1) is 15.7. The summed E-state index contributed by atoms with van der Waals surface area (Å²) in [5.74, 6) is 0.898. The van der Waals surface area contributed by atoms with Crippen LogP contribution in [-0.2, 0) is 6.54 Å². The van der Waals surface area contributed by atoms with Crippen LogP contribution in [0.4, 0.5) is 5.82 Å². The van der Waals surface area contributed by atoms with E-state index in [0.29, 0.717) is 6.54 Å². The van der Waals surface area contributed by atoms with E-state index in [1.54, 1.807) is 0 Å². The van der Waals surface area contributed by atoms with Gasteiger partial charge in [-0.15, -0.1) is 0 Å². The summed E-state index contributed by atoms with van der Waals surface area (Å²) in [5, 5.41) is 5.80. The standard InChI is InChI=1S/C28H24N4/c1-19-17-29-12-11-26(19)24-7-8-27-25(16-24)10-14-31-28(27)32-18-21-3-5-22(6-4-21)23-9-13-30-20(2)15-23/h3-17H,18H2,1-2H3,(H,31,32). The molecule has 5 rings (SSSR count). The molecule has 0 spiro atoms. The molecule has 32 heavy (non-hydrogen) atoms. The SMILES string of the molecule is Cc1cc(-c2ccc(CNc3nccc4cc(-c5ccncc5C)ccc34)cc2)ccn1. The highest BCUT2D eigenvalue weighted by molar-refractivity contribution is 5.94. The van der Waals surface area contributed by atoms with E-state index in [1.165, 1.54) is 38.8 Å². The first kappa shape index (κ1) is 19.9. The number of hydrogen-bond acceptors (Lipinski definition) is 4. The molecular weight excluding hydrogens is 392 g/mol. The Morgan fingerprint density at radius 1 is 0.719 bits per heavy atom. The molecule has 4 heteroatoms. The van der Waals surface area contributed by atoms with Gasteiger partial charge in [0.15, 0.2) is 0 Å². The number of benzene rings is 2. The highest BCUT2D eigenvalue weighted by Gasteiger charge is 2.07. The van der Waals surface area contributed by atoms with Crippen molar-refractivity contribution in [3.8, 4) is 22.3 Å². The first-order valence-corrected chi connectivity index (χ1v) is 10.7. The number of hydrogen-bond donors (Lipinski definition) is 1. The third-order valence-electron chi connectivity index (χ3n) is 5.74. The molecule has 0 saturated carbocycles. The van der Waals surface area contributed by atoms with E-state index >= 15 is 0 Å². The zero-order valence-electron chi connectivity index (χ0n) is 18.2. The third kappa shape index (κ3) is 4.08. The maximum Gasteiger partial charge on any atom is 0.134 e. The molecule has 0 amide bonds. The molecule has 0 aliphatic heterocycles. The molecular formula is C28H24N4. The van der Waals surface area contributed by atoms with Crippen molar-refractivity contribution >= 4 is 16.6 Å². The van der Waals surface area contributed by atoms with Crippen LogP contribution < -0.4 is 5.32 Å². The van der Waals surface area contributed by atoms with E-state index < -0.39 is 0 Å². The fourth-order valence-electron chi connectivity index (χ4n) is 4.01. The summed E-state index contributed by atoms with van der Waals surface area (Å²) in [5.41, 5.74) is 8.19. The van der Waals surface area contributed by atoms with Crippen molar-refractivity contribution in [2.45, 2.75) is 20.4 Å². The topological polar surface area (TPSA) is 50.7 Å². The van der Waals surface area contributed by atoms with Crippen LogP contribution in [0.25, 0.3) is 33.0 Å². The normalized spacial score (nSPS) is 10.9. The van der Waals surface area contributed by atoms with Gasteiger partial charge >= 0.3 is 0 Å². The van der Waals surface area contributed by atoms with E-state index in [2.05, 4.69) is 87.9 Å². The average Bonchev–Trinajstić information content (AvgIpc) is 2.83. The Hall–Kier alpha value is -4.05. The minimum absolute atomic E-state index is 0.715. The predicted molar refractivity (Wildman–Crippen MR) is 131 cm³/mol. The second kappa shape index (κ2) is 8.60. The lowest BCUT2D eigenvalue weighted by Crippen LogP contribution is -2.02. The number of nitrogens with zero attached hydrogens (tertiary/aromatic N) is 3. The smallest absolute Gasteiger partial charge is 0.134 e. The van der Waals surface area contributed by atoms with Gasteiger partial charge in [-0.05, 0) is 82.9 Å². The minimum Gasteiger partial charge on any atom is -0.365 e. The van der Waals surface area contributed by atoms with E-state index in [4.69, 9.17) is 0 Å². The maximum absolute atomic E-state index is 4.59. The van der Waals surface area contributed by atoms with Crippen molar-refractivity contribution in [1.82, 2.24) is 15.0 Å².